The van der Waals surface area contributed by atoms with E-state index in [1.807, 2.05) is 0 Å². The smallest absolute Gasteiger partial charge is 0.418 e. The minimum Gasteiger partial charge on any atom is -0.493 e. The summed E-state index contributed by atoms with van der Waals surface area (Å²) in [5.74, 6) is -0.687. The van der Waals surface area contributed by atoms with Gasteiger partial charge in [0.25, 0.3) is 5.91 Å². The summed E-state index contributed by atoms with van der Waals surface area (Å²) in [6.45, 7) is 0.149. The van der Waals surface area contributed by atoms with Crippen LogP contribution in [0.15, 0.2) is 72.3 Å². The number of halogens is 4. The number of alkyl halides is 3. The molecule has 0 aliphatic rings. The average molecular weight is 470 g/mol. The third-order valence-electron chi connectivity index (χ3n) is 4.65. The van der Waals surface area contributed by atoms with Crippen LogP contribution in [0.5, 0.6) is 11.5 Å². The van der Waals surface area contributed by atoms with Crippen LogP contribution in [0, 0.1) is 17.1 Å². The monoisotopic (exact) mass is 470 g/mol. The number of amides is 1. The maximum absolute atomic E-state index is 13.2. The number of hydrogen-bond acceptors (Lipinski definition) is 4. The number of nitrogens with one attached hydrogen (secondary N) is 1. The van der Waals surface area contributed by atoms with Crippen LogP contribution in [0.1, 0.15) is 16.7 Å². The lowest BCUT2D eigenvalue weighted by atomic mass is 10.1. The zero-order chi connectivity index (χ0) is 24.7. The van der Waals surface area contributed by atoms with E-state index in [9.17, 15) is 27.6 Å². The molecule has 174 valence electrons. The summed E-state index contributed by atoms with van der Waals surface area (Å²) < 4.78 is 63.5. The maximum Gasteiger partial charge on any atom is 0.418 e. The van der Waals surface area contributed by atoms with Gasteiger partial charge in [-0.05, 0) is 53.6 Å². The minimum atomic E-state index is -4.67. The lowest BCUT2D eigenvalue weighted by molar-refractivity contribution is -0.137. The van der Waals surface area contributed by atoms with Gasteiger partial charge < -0.3 is 14.8 Å². The Morgan fingerprint density at radius 3 is 2.41 bits per heavy atom. The van der Waals surface area contributed by atoms with Gasteiger partial charge in [-0.1, -0.05) is 30.3 Å². The molecule has 34 heavy (non-hydrogen) atoms. The highest BCUT2D eigenvalue weighted by Gasteiger charge is 2.33. The van der Waals surface area contributed by atoms with Crippen LogP contribution in [0.3, 0.4) is 0 Å². The van der Waals surface area contributed by atoms with E-state index >= 15 is 0 Å². The molecular formula is C25H18F4N2O3. The first-order valence-electron chi connectivity index (χ1n) is 9.86. The Balaban J connectivity index is 1.78. The summed E-state index contributed by atoms with van der Waals surface area (Å²) in [5, 5.41) is 11.5. The predicted octanol–water partition coefficient (Wildman–Crippen LogP) is 5.98. The second-order valence-corrected chi connectivity index (χ2v) is 6.99. The van der Waals surface area contributed by atoms with Crippen molar-refractivity contribution in [3.05, 3.63) is 94.8 Å². The van der Waals surface area contributed by atoms with Crippen molar-refractivity contribution in [1.29, 1.82) is 5.26 Å². The normalized spacial score (nSPS) is 11.5. The molecule has 0 aromatic heterocycles. The molecule has 0 saturated heterocycles. The van der Waals surface area contributed by atoms with Crippen molar-refractivity contribution >= 4 is 17.7 Å². The van der Waals surface area contributed by atoms with Gasteiger partial charge in [-0.2, -0.15) is 18.4 Å². The van der Waals surface area contributed by atoms with Gasteiger partial charge in [0.1, 0.15) is 24.1 Å². The van der Waals surface area contributed by atoms with Crippen molar-refractivity contribution in [2.45, 2.75) is 12.8 Å². The molecule has 0 saturated carbocycles. The largest absolute Gasteiger partial charge is 0.493 e. The van der Waals surface area contributed by atoms with Crippen molar-refractivity contribution in [3.63, 3.8) is 0 Å². The molecule has 0 atom stereocenters. The number of nitriles is 1. The van der Waals surface area contributed by atoms with Crippen LogP contribution in [0.4, 0.5) is 23.2 Å². The minimum absolute atomic E-state index is 0.149. The molecule has 3 aromatic rings. The van der Waals surface area contributed by atoms with Crippen molar-refractivity contribution in [2.24, 2.45) is 0 Å². The van der Waals surface area contributed by atoms with Crippen LogP contribution >= 0.6 is 0 Å². The highest BCUT2D eigenvalue weighted by atomic mass is 19.4. The fraction of sp³-hybridized carbons (Fsp3) is 0.120. The summed E-state index contributed by atoms with van der Waals surface area (Å²) in [7, 11) is 1.40. The first-order chi connectivity index (χ1) is 16.2. The first-order valence-corrected chi connectivity index (χ1v) is 9.86. The molecule has 0 aliphatic heterocycles. The number of anilines is 1. The maximum atomic E-state index is 13.2. The molecule has 1 amide bonds. The van der Waals surface area contributed by atoms with E-state index in [-0.39, 0.29) is 12.4 Å². The Morgan fingerprint density at radius 1 is 1.06 bits per heavy atom. The Hall–Kier alpha value is -4.32. The SMILES string of the molecule is COc1cc(C=C(C#N)C(=O)Nc2ccccc2C(F)(F)F)ccc1OCc1ccc(F)cc1. The van der Waals surface area contributed by atoms with Crippen molar-refractivity contribution < 1.29 is 31.8 Å². The van der Waals surface area contributed by atoms with Gasteiger partial charge in [-0.25, -0.2) is 4.39 Å². The summed E-state index contributed by atoms with van der Waals surface area (Å²) in [6.07, 6.45) is -3.45. The number of methoxy groups -OCH3 is 1. The fourth-order valence-electron chi connectivity index (χ4n) is 2.98. The standard InChI is InChI=1S/C25H18F4N2O3/c1-33-23-13-17(8-11-22(23)34-15-16-6-9-19(26)10-7-16)12-18(14-30)24(32)31-21-5-3-2-4-20(21)25(27,28)29/h2-13H,15H2,1H3,(H,31,32). The number of ether oxygens (including phenoxy) is 2. The van der Waals surface area contributed by atoms with Gasteiger partial charge in [0.05, 0.1) is 18.4 Å². The number of nitrogens with zero attached hydrogens (tertiary/aromatic N) is 1. The van der Waals surface area contributed by atoms with Crippen molar-refractivity contribution in [3.8, 4) is 17.6 Å². The molecule has 3 aromatic carbocycles. The topological polar surface area (TPSA) is 71.3 Å². The Labute approximate surface area is 192 Å². The second-order valence-electron chi connectivity index (χ2n) is 6.99. The zero-order valence-corrected chi connectivity index (χ0v) is 17.8. The molecule has 5 nitrogen and oxygen atoms in total. The number of hydrogen-bond donors (Lipinski definition) is 1. The number of para-hydroxylation sites is 1. The van der Waals surface area contributed by atoms with Crippen molar-refractivity contribution in [1.82, 2.24) is 0 Å². The van der Waals surface area contributed by atoms with E-state index in [0.29, 0.717) is 17.1 Å². The molecule has 0 aliphatic carbocycles. The quantitative estimate of drug-likeness (QED) is 0.262. The highest BCUT2D eigenvalue weighted by molar-refractivity contribution is 6.10. The van der Waals surface area contributed by atoms with Crippen LogP contribution in [-0.2, 0) is 17.6 Å². The molecule has 9 heteroatoms. The van der Waals surface area contributed by atoms with Gasteiger partial charge >= 0.3 is 6.18 Å². The predicted molar refractivity (Wildman–Crippen MR) is 117 cm³/mol. The Morgan fingerprint density at radius 2 is 1.76 bits per heavy atom. The summed E-state index contributed by atoms with van der Waals surface area (Å²) in [6, 6.07) is 16.6. The highest BCUT2D eigenvalue weighted by Crippen LogP contribution is 2.35. The van der Waals surface area contributed by atoms with Gasteiger partial charge in [-0.15, -0.1) is 0 Å². The van der Waals surface area contributed by atoms with E-state index in [4.69, 9.17) is 9.47 Å². The molecule has 1 N–H and O–H groups in total. The molecule has 0 fully saturated rings. The zero-order valence-electron chi connectivity index (χ0n) is 17.8. The molecular weight excluding hydrogens is 452 g/mol. The van der Waals surface area contributed by atoms with E-state index in [1.165, 1.54) is 43.5 Å². The van der Waals surface area contributed by atoms with Gasteiger partial charge in [0, 0.05) is 0 Å². The van der Waals surface area contributed by atoms with Gasteiger partial charge in [0.15, 0.2) is 11.5 Å². The molecule has 0 heterocycles. The van der Waals surface area contributed by atoms with Crippen molar-refractivity contribution in [2.75, 3.05) is 12.4 Å². The molecule has 0 unspecified atom stereocenters. The lowest BCUT2D eigenvalue weighted by Crippen LogP contribution is -2.17. The number of carbonyl (C=O) groups is 1. The fourth-order valence-corrected chi connectivity index (χ4v) is 2.98. The number of rotatable bonds is 7. The molecule has 0 radical (unpaired) electrons. The van der Waals surface area contributed by atoms with Gasteiger partial charge in [-0.3, -0.25) is 4.79 Å². The third kappa shape index (κ3) is 6.13. The van der Waals surface area contributed by atoms with E-state index < -0.39 is 28.9 Å². The molecule has 0 bridgehead atoms. The summed E-state index contributed by atoms with van der Waals surface area (Å²) in [5.41, 5.74) is -0.760. The first kappa shape index (κ1) is 24.3. The summed E-state index contributed by atoms with van der Waals surface area (Å²) >= 11 is 0. The van der Waals surface area contributed by atoms with E-state index in [1.54, 1.807) is 30.3 Å². The van der Waals surface area contributed by atoms with E-state index in [0.717, 1.165) is 17.7 Å². The second kappa shape index (κ2) is 10.5. The van der Waals surface area contributed by atoms with Crippen LogP contribution in [-0.4, -0.2) is 13.0 Å². The van der Waals surface area contributed by atoms with Crippen LogP contribution < -0.4 is 14.8 Å². The summed E-state index contributed by atoms with van der Waals surface area (Å²) in [4.78, 5) is 12.5. The lowest BCUT2D eigenvalue weighted by Gasteiger charge is -2.13. The Kier molecular flexibility index (Phi) is 7.53. The van der Waals surface area contributed by atoms with Crippen LogP contribution in [0.25, 0.3) is 6.08 Å². The van der Waals surface area contributed by atoms with Crippen LogP contribution in [0.2, 0.25) is 0 Å². The average Bonchev–Trinajstić information content (AvgIpc) is 2.82. The van der Waals surface area contributed by atoms with Gasteiger partial charge in [0.2, 0.25) is 0 Å². The molecule has 3 rings (SSSR count). The Bertz CT molecular complexity index is 1250. The number of benzene rings is 3. The molecule has 0 spiro atoms. The number of carbonyl (C=O) groups excluding carboxylic acids is 1. The van der Waals surface area contributed by atoms with E-state index in [2.05, 4.69) is 5.32 Å². The third-order valence-corrected chi connectivity index (χ3v) is 4.65.